The highest BCUT2D eigenvalue weighted by molar-refractivity contribution is 7.59. The van der Waals surface area contributed by atoms with Crippen LogP contribution in [-0.2, 0) is 0 Å². The normalized spacial score (nSPS) is 28.9. The van der Waals surface area contributed by atoms with Gasteiger partial charge in [0.15, 0.2) is 0 Å². The van der Waals surface area contributed by atoms with E-state index in [0.717, 1.165) is 23.4 Å². The van der Waals surface area contributed by atoms with E-state index >= 15 is 0 Å². The first-order valence-electron chi connectivity index (χ1n) is 7.93. The molecule has 0 spiro atoms. The Hall–Kier alpha value is -0.880. The maximum atomic E-state index is 12.0. The van der Waals surface area contributed by atoms with Crippen LogP contribution in [0.1, 0.15) is 48.9 Å². The first-order valence-corrected chi connectivity index (χ1v) is 9.60. The highest BCUT2D eigenvalue weighted by Crippen LogP contribution is 2.59. The molecule has 2 fully saturated rings. The summed E-state index contributed by atoms with van der Waals surface area (Å²) in [6, 6.07) is 9.56. The maximum Gasteiger partial charge on any atom is 0.251 e. The zero-order valence-electron chi connectivity index (χ0n) is 12.1. The van der Waals surface area contributed by atoms with Crippen molar-refractivity contribution in [1.29, 1.82) is 0 Å². The molecule has 3 heteroatoms. The van der Waals surface area contributed by atoms with Gasteiger partial charge in [0.05, 0.1) is 0 Å². The summed E-state index contributed by atoms with van der Waals surface area (Å²) in [6.45, 7) is 0.867. The molecular weight excluding hydrogens is 265 g/mol. The van der Waals surface area contributed by atoms with Crippen LogP contribution >= 0.6 is 7.92 Å². The smallest absolute Gasteiger partial charge is 0.251 e. The summed E-state index contributed by atoms with van der Waals surface area (Å²) in [7, 11) is 0.176. The Kier molecular flexibility index (Phi) is 4.73. The van der Waals surface area contributed by atoms with Gasteiger partial charge in [-0.3, -0.25) is 4.79 Å². The monoisotopic (exact) mass is 289 g/mol. The van der Waals surface area contributed by atoms with Crippen molar-refractivity contribution < 1.29 is 4.79 Å². The number of carbonyl (C=O) groups is 1. The second-order valence-electron chi connectivity index (χ2n) is 6.03. The first-order chi connectivity index (χ1) is 9.84. The number of hydrogen-bond acceptors (Lipinski definition) is 1. The lowest BCUT2D eigenvalue weighted by molar-refractivity contribution is 0.0956. The maximum absolute atomic E-state index is 12.0. The molecule has 108 valence electrons. The largest absolute Gasteiger partial charge is 0.352 e. The molecule has 1 aromatic rings. The Balaban J connectivity index is 1.49. The van der Waals surface area contributed by atoms with Crippen molar-refractivity contribution in [3.63, 3.8) is 0 Å². The average molecular weight is 289 g/mol. The van der Waals surface area contributed by atoms with Crippen LogP contribution in [0.4, 0.5) is 0 Å². The Morgan fingerprint density at radius 3 is 2.25 bits per heavy atom. The topological polar surface area (TPSA) is 29.1 Å². The van der Waals surface area contributed by atoms with Gasteiger partial charge in [0.1, 0.15) is 0 Å². The fraction of sp³-hybridized carbons (Fsp3) is 0.588. The number of carbonyl (C=O) groups excluding carboxylic acids is 1. The van der Waals surface area contributed by atoms with Crippen LogP contribution in [0.15, 0.2) is 30.3 Å². The molecule has 2 saturated heterocycles. The van der Waals surface area contributed by atoms with Crippen molar-refractivity contribution in [2.75, 3.05) is 12.7 Å². The molecule has 20 heavy (non-hydrogen) atoms. The van der Waals surface area contributed by atoms with E-state index in [1.165, 1.54) is 44.7 Å². The van der Waals surface area contributed by atoms with Crippen LogP contribution in [0.2, 0.25) is 0 Å². The van der Waals surface area contributed by atoms with Crippen LogP contribution in [-0.4, -0.2) is 29.9 Å². The zero-order chi connectivity index (χ0) is 13.8. The van der Waals surface area contributed by atoms with Crippen molar-refractivity contribution in [3.05, 3.63) is 35.9 Å². The number of nitrogens with one attached hydrogen (secondary N) is 1. The van der Waals surface area contributed by atoms with E-state index in [4.69, 9.17) is 0 Å². The Morgan fingerprint density at radius 1 is 1.05 bits per heavy atom. The summed E-state index contributed by atoms with van der Waals surface area (Å²) in [4.78, 5) is 12.0. The predicted molar refractivity (Wildman–Crippen MR) is 85.8 cm³/mol. The van der Waals surface area contributed by atoms with Crippen LogP contribution in [0.3, 0.4) is 0 Å². The van der Waals surface area contributed by atoms with Crippen LogP contribution < -0.4 is 5.32 Å². The third-order valence-electron chi connectivity index (χ3n) is 4.78. The molecule has 0 saturated carbocycles. The molecule has 2 aliphatic heterocycles. The summed E-state index contributed by atoms with van der Waals surface area (Å²) in [6.07, 6.45) is 9.95. The predicted octanol–water partition coefficient (Wildman–Crippen LogP) is 4.00. The minimum absolute atomic E-state index is 0.0859. The summed E-state index contributed by atoms with van der Waals surface area (Å²) >= 11 is 0. The fourth-order valence-corrected chi connectivity index (χ4v) is 7.54. The molecule has 1 N–H and O–H groups in total. The Labute approximate surface area is 123 Å². The summed E-state index contributed by atoms with van der Waals surface area (Å²) in [5.41, 5.74) is 2.79. The second kappa shape index (κ2) is 6.72. The average Bonchev–Trinajstić information content (AvgIpc) is 2.48. The molecule has 0 atom stereocenters. The van der Waals surface area contributed by atoms with Gasteiger partial charge in [0.2, 0.25) is 0 Å². The van der Waals surface area contributed by atoms with E-state index in [0.29, 0.717) is 0 Å². The molecule has 2 nitrogen and oxygen atoms in total. The van der Waals surface area contributed by atoms with Gasteiger partial charge in [-0.1, -0.05) is 39.0 Å². The van der Waals surface area contributed by atoms with Crippen molar-refractivity contribution in [2.24, 2.45) is 0 Å². The number of benzene rings is 1. The molecule has 1 amide bonds. The lowest BCUT2D eigenvalue weighted by Gasteiger charge is -2.43. The second-order valence-corrected chi connectivity index (χ2v) is 8.97. The van der Waals surface area contributed by atoms with Crippen molar-refractivity contribution in [1.82, 2.24) is 5.32 Å². The van der Waals surface area contributed by atoms with Gasteiger partial charge in [-0.25, -0.2) is 0 Å². The van der Waals surface area contributed by atoms with Gasteiger partial charge in [-0.15, -0.1) is 0 Å². The molecule has 1 aromatic carbocycles. The van der Waals surface area contributed by atoms with Gasteiger partial charge < -0.3 is 5.32 Å². The lowest BCUT2D eigenvalue weighted by atomic mass is 9.99. The third kappa shape index (κ3) is 3.23. The molecule has 2 bridgehead atoms. The minimum Gasteiger partial charge on any atom is -0.352 e. The number of amides is 1. The molecule has 2 heterocycles. The Morgan fingerprint density at radius 2 is 1.65 bits per heavy atom. The number of fused-ring (bicyclic) bond motifs is 2. The molecule has 0 aromatic heterocycles. The minimum atomic E-state index is 0.0859. The highest BCUT2D eigenvalue weighted by Gasteiger charge is 2.35. The molecule has 0 aliphatic carbocycles. The van der Waals surface area contributed by atoms with Crippen LogP contribution in [0, 0.1) is 0 Å². The van der Waals surface area contributed by atoms with Crippen molar-refractivity contribution in [3.8, 4) is 0 Å². The number of rotatable bonds is 4. The standard InChI is InChI=1S/C17H24NOP/c19-17(14-6-2-1-3-7-14)18-12-13-20-15-8-4-9-16(20)11-5-10-15/h1-3,6-7,15-16H,4-5,8-13H2,(H,18,19). The van der Waals surface area contributed by atoms with Crippen molar-refractivity contribution in [2.45, 2.75) is 49.8 Å². The van der Waals surface area contributed by atoms with Gasteiger partial charge in [-0.2, -0.15) is 0 Å². The van der Waals surface area contributed by atoms with E-state index in [2.05, 4.69) is 5.32 Å². The highest BCUT2D eigenvalue weighted by atomic mass is 31.1. The SMILES string of the molecule is O=C(NCCP1C2CCCC1CCC2)c1ccccc1. The van der Waals surface area contributed by atoms with Gasteiger partial charge in [0.25, 0.3) is 5.91 Å². The van der Waals surface area contributed by atoms with Gasteiger partial charge in [0, 0.05) is 12.1 Å². The van der Waals surface area contributed by atoms with Gasteiger partial charge in [-0.05, 0) is 55.3 Å². The number of hydrogen-bond donors (Lipinski definition) is 1. The Bertz CT molecular complexity index is 426. The third-order valence-corrected chi connectivity index (χ3v) is 8.43. The van der Waals surface area contributed by atoms with E-state index in [1.54, 1.807) is 0 Å². The lowest BCUT2D eigenvalue weighted by Crippen LogP contribution is -2.32. The van der Waals surface area contributed by atoms with E-state index in [9.17, 15) is 4.79 Å². The molecular formula is C17H24NOP. The molecule has 3 rings (SSSR count). The van der Waals surface area contributed by atoms with E-state index in [-0.39, 0.29) is 13.8 Å². The van der Waals surface area contributed by atoms with Crippen LogP contribution in [0.5, 0.6) is 0 Å². The molecule has 0 radical (unpaired) electrons. The summed E-state index contributed by atoms with van der Waals surface area (Å²) in [5.74, 6) is 0.0859. The molecule has 0 unspecified atom stereocenters. The van der Waals surface area contributed by atoms with E-state index in [1.807, 2.05) is 30.3 Å². The molecule has 2 aliphatic rings. The zero-order valence-corrected chi connectivity index (χ0v) is 12.9. The summed E-state index contributed by atoms with van der Waals surface area (Å²) < 4.78 is 0. The van der Waals surface area contributed by atoms with E-state index < -0.39 is 0 Å². The fourth-order valence-electron chi connectivity index (χ4n) is 3.78. The summed E-state index contributed by atoms with van der Waals surface area (Å²) in [5, 5.41) is 3.11. The van der Waals surface area contributed by atoms with Crippen LogP contribution in [0.25, 0.3) is 0 Å². The first kappa shape index (κ1) is 14.1. The quantitative estimate of drug-likeness (QED) is 0.834. The van der Waals surface area contributed by atoms with Crippen molar-refractivity contribution >= 4 is 13.8 Å². The van der Waals surface area contributed by atoms with Gasteiger partial charge >= 0.3 is 0 Å².